The standard InChI is InChI=1S/C13H19ClN4O2/c1-2-20-12(19)10-6-16-13(17-7-10)18-8-9(4-14)3-11(18)5-15/h6-7,9,11H,2-5,8,15H2,1H3/t9-,11+/m1/s1. The van der Waals surface area contributed by atoms with E-state index >= 15 is 0 Å². The topological polar surface area (TPSA) is 81.3 Å². The number of halogens is 1. The largest absolute Gasteiger partial charge is 0.462 e. The third-order valence-corrected chi connectivity index (χ3v) is 3.83. The molecule has 2 atom stereocenters. The fraction of sp³-hybridized carbons (Fsp3) is 0.615. The van der Waals surface area contributed by atoms with Crippen LogP contribution in [0.1, 0.15) is 23.7 Å². The first-order chi connectivity index (χ1) is 9.69. The Morgan fingerprint density at radius 2 is 2.25 bits per heavy atom. The summed E-state index contributed by atoms with van der Waals surface area (Å²) in [6.45, 7) is 3.43. The van der Waals surface area contributed by atoms with E-state index in [9.17, 15) is 4.79 Å². The maximum absolute atomic E-state index is 11.5. The van der Waals surface area contributed by atoms with E-state index in [4.69, 9.17) is 22.1 Å². The number of nitrogens with zero attached hydrogens (tertiary/aromatic N) is 3. The van der Waals surface area contributed by atoms with E-state index < -0.39 is 5.97 Å². The molecular formula is C13H19ClN4O2. The number of carbonyl (C=O) groups is 1. The van der Waals surface area contributed by atoms with Crippen molar-refractivity contribution >= 4 is 23.5 Å². The zero-order valence-electron chi connectivity index (χ0n) is 11.5. The summed E-state index contributed by atoms with van der Waals surface area (Å²) in [6.07, 6.45) is 3.92. The number of ether oxygens (including phenoxy) is 1. The Kier molecular flexibility index (Phi) is 5.14. The van der Waals surface area contributed by atoms with Crippen LogP contribution in [0.5, 0.6) is 0 Å². The molecule has 0 aromatic carbocycles. The number of alkyl halides is 1. The van der Waals surface area contributed by atoms with E-state index in [1.807, 2.05) is 0 Å². The molecule has 0 spiro atoms. The summed E-state index contributed by atoms with van der Waals surface area (Å²) in [7, 11) is 0. The van der Waals surface area contributed by atoms with E-state index in [0.29, 0.717) is 36.5 Å². The summed E-state index contributed by atoms with van der Waals surface area (Å²) in [5, 5.41) is 0. The second-order valence-corrected chi connectivity index (χ2v) is 5.10. The van der Waals surface area contributed by atoms with Crippen LogP contribution >= 0.6 is 11.6 Å². The predicted octanol–water partition coefficient (Wildman–Crippen LogP) is 1.05. The molecule has 110 valence electrons. The molecule has 2 rings (SSSR count). The molecule has 1 aromatic heterocycles. The molecule has 1 fully saturated rings. The smallest absolute Gasteiger partial charge is 0.341 e. The van der Waals surface area contributed by atoms with Gasteiger partial charge in [0.05, 0.1) is 12.2 Å². The Morgan fingerprint density at radius 1 is 1.55 bits per heavy atom. The highest BCUT2D eigenvalue weighted by Gasteiger charge is 2.32. The second kappa shape index (κ2) is 6.85. The first-order valence-corrected chi connectivity index (χ1v) is 7.24. The van der Waals surface area contributed by atoms with Crippen LogP contribution in [-0.2, 0) is 4.74 Å². The highest BCUT2D eigenvalue weighted by atomic mass is 35.5. The van der Waals surface area contributed by atoms with Crippen molar-refractivity contribution in [3.63, 3.8) is 0 Å². The van der Waals surface area contributed by atoms with E-state index in [1.54, 1.807) is 6.92 Å². The number of carbonyl (C=O) groups excluding carboxylic acids is 1. The number of rotatable bonds is 5. The maximum Gasteiger partial charge on any atom is 0.341 e. The average molecular weight is 299 g/mol. The molecule has 1 aromatic rings. The lowest BCUT2D eigenvalue weighted by Crippen LogP contribution is -2.36. The molecule has 0 radical (unpaired) electrons. The molecular weight excluding hydrogens is 280 g/mol. The van der Waals surface area contributed by atoms with Crippen LogP contribution in [0, 0.1) is 5.92 Å². The molecule has 7 heteroatoms. The van der Waals surface area contributed by atoms with Gasteiger partial charge in [-0.15, -0.1) is 11.6 Å². The molecule has 1 aliphatic heterocycles. The second-order valence-electron chi connectivity index (χ2n) is 4.79. The lowest BCUT2D eigenvalue weighted by molar-refractivity contribution is 0.0525. The molecule has 2 heterocycles. The normalized spacial score (nSPS) is 22.1. The average Bonchev–Trinajstić information content (AvgIpc) is 2.91. The monoisotopic (exact) mass is 298 g/mol. The first kappa shape index (κ1) is 15.0. The van der Waals surface area contributed by atoms with Gasteiger partial charge in [-0.1, -0.05) is 0 Å². The Hall–Kier alpha value is -1.40. The fourth-order valence-corrected chi connectivity index (χ4v) is 2.61. The number of aromatic nitrogens is 2. The molecule has 6 nitrogen and oxygen atoms in total. The summed E-state index contributed by atoms with van der Waals surface area (Å²) >= 11 is 5.91. The van der Waals surface area contributed by atoms with Crippen molar-refractivity contribution in [2.24, 2.45) is 11.7 Å². The van der Waals surface area contributed by atoms with Gasteiger partial charge in [0.15, 0.2) is 0 Å². The minimum absolute atomic E-state index is 0.201. The van der Waals surface area contributed by atoms with Crippen LogP contribution in [0.2, 0.25) is 0 Å². The van der Waals surface area contributed by atoms with Crippen molar-refractivity contribution in [3.8, 4) is 0 Å². The molecule has 0 amide bonds. The van der Waals surface area contributed by atoms with Crippen LogP contribution in [0.4, 0.5) is 5.95 Å². The predicted molar refractivity (Wildman–Crippen MR) is 77.0 cm³/mol. The lowest BCUT2D eigenvalue weighted by atomic mass is 10.1. The van der Waals surface area contributed by atoms with Crippen molar-refractivity contribution in [1.29, 1.82) is 0 Å². The summed E-state index contributed by atoms with van der Waals surface area (Å²) in [5.41, 5.74) is 6.14. The summed E-state index contributed by atoms with van der Waals surface area (Å²) in [5.74, 6) is 1.18. The van der Waals surface area contributed by atoms with Crippen LogP contribution in [0.3, 0.4) is 0 Å². The van der Waals surface area contributed by atoms with Crippen molar-refractivity contribution in [1.82, 2.24) is 9.97 Å². The highest BCUT2D eigenvalue weighted by Crippen LogP contribution is 2.26. The van der Waals surface area contributed by atoms with Gasteiger partial charge in [-0.2, -0.15) is 0 Å². The lowest BCUT2D eigenvalue weighted by Gasteiger charge is -2.23. The van der Waals surface area contributed by atoms with Gasteiger partial charge in [0.2, 0.25) is 5.95 Å². The first-order valence-electron chi connectivity index (χ1n) is 6.71. The van der Waals surface area contributed by atoms with Crippen molar-refractivity contribution in [2.45, 2.75) is 19.4 Å². The van der Waals surface area contributed by atoms with Gasteiger partial charge < -0.3 is 15.4 Å². The quantitative estimate of drug-likeness (QED) is 0.646. The minimum atomic E-state index is -0.408. The van der Waals surface area contributed by atoms with E-state index in [2.05, 4.69) is 14.9 Å². The zero-order valence-corrected chi connectivity index (χ0v) is 12.2. The number of hydrogen-bond donors (Lipinski definition) is 1. The fourth-order valence-electron chi connectivity index (χ4n) is 2.38. The third kappa shape index (κ3) is 3.19. The van der Waals surface area contributed by atoms with E-state index in [1.165, 1.54) is 12.4 Å². The highest BCUT2D eigenvalue weighted by molar-refractivity contribution is 6.18. The molecule has 20 heavy (non-hydrogen) atoms. The van der Waals surface area contributed by atoms with Crippen molar-refractivity contribution in [2.75, 3.05) is 30.5 Å². The Morgan fingerprint density at radius 3 is 2.80 bits per heavy atom. The Balaban J connectivity index is 2.11. The van der Waals surface area contributed by atoms with Crippen LogP contribution < -0.4 is 10.6 Å². The molecule has 2 N–H and O–H groups in total. The van der Waals surface area contributed by atoms with Crippen molar-refractivity contribution < 1.29 is 9.53 Å². The third-order valence-electron chi connectivity index (χ3n) is 3.40. The zero-order chi connectivity index (χ0) is 14.5. The van der Waals surface area contributed by atoms with Gasteiger partial charge in [0.25, 0.3) is 0 Å². The molecule has 0 unspecified atom stereocenters. The molecule has 0 saturated carbocycles. The van der Waals surface area contributed by atoms with Crippen LogP contribution in [0.15, 0.2) is 12.4 Å². The van der Waals surface area contributed by atoms with E-state index in [0.717, 1.165) is 13.0 Å². The number of hydrogen-bond acceptors (Lipinski definition) is 6. The van der Waals surface area contributed by atoms with Gasteiger partial charge in [-0.05, 0) is 19.3 Å². The minimum Gasteiger partial charge on any atom is -0.462 e. The summed E-state index contributed by atoms with van der Waals surface area (Å²) in [4.78, 5) is 22.1. The van der Waals surface area contributed by atoms with Gasteiger partial charge in [0, 0.05) is 37.4 Å². The number of nitrogens with two attached hydrogens (primary N) is 1. The number of anilines is 1. The SMILES string of the molecule is CCOC(=O)c1cnc(N2C[C@@H](CCl)C[C@H]2CN)nc1. The molecule has 0 bridgehead atoms. The van der Waals surface area contributed by atoms with Gasteiger partial charge >= 0.3 is 5.97 Å². The summed E-state index contributed by atoms with van der Waals surface area (Å²) in [6, 6.07) is 0.201. The molecule has 1 aliphatic rings. The van der Waals surface area contributed by atoms with E-state index in [-0.39, 0.29) is 6.04 Å². The molecule has 1 saturated heterocycles. The summed E-state index contributed by atoms with van der Waals surface area (Å²) < 4.78 is 4.90. The van der Waals surface area contributed by atoms with Crippen LogP contribution in [-0.4, -0.2) is 47.6 Å². The number of esters is 1. The molecule has 0 aliphatic carbocycles. The Labute approximate surface area is 123 Å². The maximum atomic E-state index is 11.5. The van der Waals surface area contributed by atoms with Crippen molar-refractivity contribution in [3.05, 3.63) is 18.0 Å². The van der Waals surface area contributed by atoms with Gasteiger partial charge in [-0.25, -0.2) is 14.8 Å². The van der Waals surface area contributed by atoms with Crippen LogP contribution in [0.25, 0.3) is 0 Å². The van der Waals surface area contributed by atoms with Gasteiger partial charge in [0.1, 0.15) is 0 Å². The Bertz CT molecular complexity index is 454. The van der Waals surface area contributed by atoms with Gasteiger partial charge in [-0.3, -0.25) is 0 Å².